The van der Waals surface area contributed by atoms with E-state index in [4.69, 9.17) is 4.74 Å². The van der Waals surface area contributed by atoms with Crippen molar-refractivity contribution in [3.05, 3.63) is 0 Å². The summed E-state index contributed by atoms with van der Waals surface area (Å²) in [6.07, 6.45) is 8.62. The lowest BCUT2D eigenvalue weighted by Gasteiger charge is -2.23. The molecule has 1 saturated carbocycles. The second-order valence-electron chi connectivity index (χ2n) is 5.16. The van der Waals surface area contributed by atoms with Crippen molar-refractivity contribution >= 4 is 0 Å². The molecule has 0 bridgehead atoms. The molecule has 0 aromatic heterocycles. The first-order valence-corrected chi connectivity index (χ1v) is 6.02. The van der Waals surface area contributed by atoms with Crippen LogP contribution in [-0.4, -0.2) is 23.4 Å². The van der Waals surface area contributed by atoms with Gasteiger partial charge in [0.1, 0.15) is 0 Å². The molecule has 2 unspecified atom stereocenters. The smallest absolute Gasteiger partial charge is 0.0647 e. The molecule has 14 heavy (non-hydrogen) atoms. The van der Waals surface area contributed by atoms with Gasteiger partial charge in [0.2, 0.25) is 0 Å². The highest BCUT2D eigenvalue weighted by Crippen LogP contribution is 2.42. The Kier molecular flexibility index (Phi) is 3.13. The fourth-order valence-electron chi connectivity index (χ4n) is 2.47. The number of hydrogen-bond donors (Lipinski definition) is 1. The van der Waals surface area contributed by atoms with Gasteiger partial charge in [-0.25, -0.2) is 0 Å². The van der Waals surface area contributed by atoms with E-state index in [0.717, 1.165) is 25.9 Å². The van der Waals surface area contributed by atoms with Crippen LogP contribution in [0.5, 0.6) is 0 Å². The van der Waals surface area contributed by atoms with Crippen LogP contribution < -0.4 is 0 Å². The van der Waals surface area contributed by atoms with Gasteiger partial charge in [-0.05, 0) is 57.8 Å². The standard InChI is InChI=1S/C12H22O2/c1-12(13,10-6-7-10)8-2-4-11-5-3-9-14-11/h10-11,13H,2-9H2,1H3. The summed E-state index contributed by atoms with van der Waals surface area (Å²) in [5.41, 5.74) is -0.390. The number of aliphatic hydroxyl groups is 1. The molecule has 1 aliphatic heterocycles. The topological polar surface area (TPSA) is 29.5 Å². The lowest BCUT2D eigenvalue weighted by Crippen LogP contribution is -2.27. The van der Waals surface area contributed by atoms with Gasteiger partial charge in [-0.2, -0.15) is 0 Å². The highest BCUT2D eigenvalue weighted by atomic mass is 16.5. The summed E-state index contributed by atoms with van der Waals surface area (Å²) in [4.78, 5) is 0. The minimum Gasteiger partial charge on any atom is -0.390 e. The maximum atomic E-state index is 10.1. The van der Waals surface area contributed by atoms with Crippen molar-refractivity contribution in [1.29, 1.82) is 0 Å². The van der Waals surface area contributed by atoms with Crippen LogP contribution in [0.4, 0.5) is 0 Å². The Morgan fingerprint density at radius 1 is 1.36 bits per heavy atom. The minimum atomic E-state index is -0.390. The van der Waals surface area contributed by atoms with Crippen molar-refractivity contribution in [2.75, 3.05) is 6.61 Å². The van der Waals surface area contributed by atoms with Crippen LogP contribution in [0, 0.1) is 5.92 Å². The zero-order chi connectivity index (χ0) is 10.0. The van der Waals surface area contributed by atoms with E-state index in [-0.39, 0.29) is 0 Å². The van der Waals surface area contributed by atoms with Crippen molar-refractivity contribution < 1.29 is 9.84 Å². The van der Waals surface area contributed by atoms with Gasteiger partial charge in [0.05, 0.1) is 11.7 Å². The molecule has 0 spiro atoms. The summed E-state index contributed by atoms with van der Waals surface area (Å²) < 4.78 is 5.56. The minimum absolute atomic E-state index is 0.390. The molecule has 2 aliphatic rings. The molecule has 2 rings (SSSR count). The Balaban J connectivity index is 1.61. The van der Waals surface area contributed by atoms with Gasteiger partial charge in [0.25, 0.3) is 0 Å². The molecule has 2 nitrogen and oxygen atoms in total. The lowest BCUT2D eigenvalue weighted by atomic mass is 9.92. The molecule has 1 aliphatic carbocycles. The Labute approximate surface area is 86.6 Å². The van der Waals surface area contributed by atoms with Crippen molar-refractivity contribution in [3.8, 4) is 0 Å². The first kappa shape index (κ1) is 10.4. The maximum Gasteiger partial charge on any atom is 0.0647 e. The van der Waals surface area contributed by atoms with Gasteiger partial charge >= 0.3 is 0 Å². The maximum absolute atomic E-state index is 10.1. The van der Waals surface area contributed by atoms with Crippen LogP contribution in [-0.2, 0) is 4.74 Å². The summed E-state index contributed by atoms with van der Waals surface area (Å²) in [6.45, 7) is 2.95. The molecule has 1 heterocycles. The molecule has 2 heteroatoms. The third-order valence-corrected chi connectivity index (χ3v) is 3.69. The molecule has 82 valence electrons. The van der Waals surface area contributed by atoms with Gasteiger partial charge in [-0.3, -0.25) is 0 Å². The molecule has 0 aromatic rings. The lowest BCUT2D eigenvalue weighted by molar-refractivity contribution is 0.0201. The highest BCUT2D eigenvalue weighted by Gasteiger charge is 2.39. The van der Waals surface area contributed by atoms with E-state index in [2.05, 4.69) is 0 Å². The summed E-state index contributed by atoms with van der Waals surface area (Å²) in [6, 6.07) is 0. The Morgan fingerprint density at radius 3 is 2.71 bits per heavy atom. The molecule has 0 radical (unpaired) electrons. The van der Waals surface area contributed by atoms with E-state index in [9.17, 15) is 5.11 Å². The summed E-state index contributed by atoms with van der Waals surface area (Å²) in [7, 11) is 0. The number of rotatable bonds is 5. The van der Waals surface area contributed by atoms with Crippen LogP contribution in [0.1, 0.15) is 51.9 Å². The van der Waals surface area contributed by atoms with Crippen LogP contribution >= 0.6 is 0 Å². The van der Waals surface area contributed by atoms with Crippen LogP contribution in [0.3, 0.4) is 0 Å². The third kappa shape index (κ3) is 2.71. The predicted molar refractivity (Wildman–Crippen MR) is 56.2 cm³/mol. The van der Waals surface area contributed by atoms with Crippen LogP contribution in [0.25, 0.3) is 0 Å². The Morgan fingerprint density at radius 2 is 2.14 bits per heavy atom. The largest absolute Gasteiger partial charge is 0.390 e. The fraction of sp³-hybridized carbons (Fsp3) is 1.00. The molecule has 2 atom stereocenters. The zero-order valence-electron chi connectivity index (χ0n) is 9.17. The van der Waals surface area contributed by atoms with E-state index in [1.54, 1.807) is 0 Å². The van der Waals surface area contributed by atoms with Gasteiger partial charge < -0.3 is 9.84 Å². The predicted octanol–water partition coefficient (Wildman–Crippen LogP) is 2.50. The van der Waals surface area contributed by atoms with Crippen LogP contribution in [0.15, 0.2) is 0 Å². The summed E-state index contributed by atoms with van der Waals surface area (Å²) in [5, 5.41) is 10.1. The first-order valence-electron chi connectivity index (χ1n) is 6.02. The normalized spacial score (nSPS) is 31.7. The average molecular weight is 198 g/mol. The Hall–Kier alpha value is -0.0800. The average Bonchev–Trinajstić information content (AvgIpc) is 2.87. The second kappa shape index (κ2) is 4.19. The second-order valence-corrected chi connectivity index (χ2v) is 5.16. The van der Waals surface area contributed by atoms with Gasteiger partial charge in [-0.15, -0.1) is 0 Å². The van der Waals surface area contributed by atoms with E-state index < -0.39 is 5.60 Å². The molecule has 2 fully saturated rings. The van der Waals surface area contributed by atoms with E-state index in [0.29, 0.717) is 12.0 Å². The zero-order valence-corrected chi connectivity index (χ0v) is 9.17. The third-order valence-electron chi connectivity index (χ3n) is 3.69. The monoisotopic (exact) mass is 198 g/mol. The SMILES string of the molecule is CC(O)(CCCC1CCCO1)C1CC1. The molecule has 0 amide bonds. The Bertz CT molecular complexity index is 179. The van der Waals surface area contributed by atoms with Gasteiger partial charge in [0.15, 0.2) is 0 Å². The van der Waals surface area contributed by atoms with E-state index >= 15 is 0 Å². The molecular weight excluding hydrogens is 176 g/mol. The van der Waals surface area contributed by atoms with Gasteiger partial charge in [0, 0.05) is 6.61 Å². The summed E-state index contributed by atoms with van der Waals surface area (Å²) in [5.74, 6) is 0.590. The molecule has 1 N–H and O–H groups in total. The molecule has 0 aromatic carbocycles. The fourth-order valence-corrected chi connectivity index (χ4v) is 2.47. The van der Waals surface area contributed by atoms with Crippen molar-refractivity contribution in [1.82, 2.24) is 0 Å². The molecule has 1 saturated heterocycles. The number of hydrogen-bond acceptors (Lipinski definition) is 2. The van der Waals surface area contributed by atoms with Crippen molar-refractivity contribution in [2.45, 2.75) is 63.6 Å². The van der Waals surface area contributed by atoms with E-state index in [1.807, 2.05) is 6.92 Å². The van der Waals surface area contributed by atoms with Crippen molar-refractivity contribution in [2.24, 2.45) is 5.92 Å². The summed E-state index contributed by atoms with van der Waals surface area (Å²) >= 11 is 0. The van der Waals surface area contributed by atoms with E-state index in [1.165, 1.54) is 25.7 Å². The number of ether oxygens (including phenoxy) is 1. The molecular formula is C12H22O2. The van der Waals surface area contributed by atoms with Gasteiger partial charge in [-0.1, -0.05) is 0 Å². The highest BCUT2D eigenvalue weighted by molar-refractivity contribution is 4.91. The van der Waals surface area contributed by atoms with Crippen molar-refractivity contribution in [3.63, 3.8) is 0 Å². The van der Waals surface area contributed by atoms with Crippen LogP contribution in [0.2, 0.25) is 0 Å². The quantitative estimate of drug-likeness (QED) is 0.735. The first-order chi connectivity index (χ1) is 6.68.